The van der Waals surface area contributed by atoms with Crippen molar-refractivity contribution in [2.45, 2.75) is 4.90 Å². The maximum absolute atomic E-state index is 14.3. The van der Waals surface area contributed by atoms with Crippen LogP contribution >= 0.6 is 0 Å². The maximum Gasteiger partial charge on any atom is 0.269 e. The lowest BCUT2D eigenvalue weighted by atomic mass is 9.94. The third-order valence-corrected chi connectivity index (χ3v) is 11.7. The quantitative estimate of drug-likeness (QED) is 0.189. The fourth-order valence-corrected chi connectivity index (χ4v) is 9.61. The van der Waals surface area contributed by atoms with E-state index in [0.29, 0.717) is 21.5 Å². The Morgan fingerprint density at radius 1 is 0.438 bits per heavy atom. The van der Waals surface area contributed by atoms with E-state index in [1.54, 1.807) is 12.1 Å². The first-order chi connectivity index (χ1) is 23.6. The van der Waals surface area contributed by atoms with E-state index in [4.69, 9.17) is 8.83 Å². The van der Waals surface area contributed by atoms with E-state index in [1.807, 2.05) is 66.7 Å². The number of rotatable bonds is 2. The lowest BCUT2D eigenvalue weighted by Gasteiger charge is -2.21. The van der Waals surface area contributed by atoms with Crippen LogP contribution in [0.1, 0.15) is 0 Å². The van der Waals surface area contributed by atoms with E-state index in [2.05, 4.69) is 60.7 Å². The molecule has 0 fully saturated rings. The molecule has 0 unspecified atom stereocenters. The molecule has 0 aliphatic carbocycles. The normalized spacial score (nSPS) is 13.8. The number of hydrogen-bond donors (Lipinski definition) is 0. The standard InChI is InChI=1S/C42H23NO4S/c44-48(45)39-18-6-3-11-30(39)34-22-25(27-13-8-15-32-29-10-2-5-17-38(29)47-42(27)32)23-35-33-21-24(19-20-36(33)43(48)40(34)35)26-12-7-14-31-28-9-1-4-16-37(28)46-41(26)31/h1-23H. The third kappa shape index (κ3) is 3.27. The van der Waals surface area contributed by atoms with Crippen molar-refractivity contribution in [1.82, 2.24) is 3.97 Å². The molecule has 0 saturated heterocycles. The van der Waals surface area contributed by atoms with Gasteiger partial charge in [0.15, 0.2) is 0 Å². The molecule has 0 spiro atoms. The Kier molecular flexibility index (Phi) is 4.89. The summed E-state index contributed by atoms with van der Waals surface area (Å²) in [6, 6.07) is 46.1. The summed E-state index contributed by atoms with van der Waals surface area (Å²) in [5.41, 5.74) is 10.00. The van der Waals surface area contributed by atoms with Gasteiger partial charge in [-0.15, -0.1) is 0 Å². The highest BCUT2D eigenvalue weighted by Gasteiger charge is 2.33. The number of para-hydroxylation sites is 4. The molecule has 48 heavy (non-hydrogen) atoms. The lowest BCUT2D eigenvalue weighted by Crippen LogP contribution is -2.17. The molecular formula is C42H23NO4S. The first-order valence-electron chi connectivity index (χ1n) is 15.8. The summed E-state index contributed by atoms with van der Waals surface area (Å²) in [6.07, 6.45) is 0. The van der Waals surface area contributed by atoms with E-state index in [1.165, 1.54) is 3.97 Å². The third-order valence-electron chi connectivity index (χ3n) is 9.94. The van der Waals surface area contributed by atoms with Gasteiger partial charge in [-0.05, 0) is 53.6 Å². The van der Waals surface area contributed by atoms with Crippen LogP contribution in [0.4, 0.5) is 0 Å². The molecule has 0 radical (unpaired) electrons. The highest BCUT2D eigenvalue weighted by atomic mass is 32.2. The molecule has 11 rings (SSSR count). The second kappa shape index (κ2) is 9.03. The summed E-state index contributed by atoms with van der Waals surface area (Å²) in [4.78, 5) is 0.298. The van der Waals surface area contributed by atoms with Crippen molar-refractivity contribution in [3.8, 4) is 33.4 Å². The minimum Gasteiger partial charge on any atom is -0.455 e. The molecule has 0 saturated carbocycles. The first-order valence-corrected chi connectivity index (χ1v) is 17.3. The van der Waals surface area contributed by atoms with E-state index >= 15 is 0 Å². The van der Waals surface area contributed by atoms with Crippen LogP contribution in [0.25, 0.3) is 99.1 Å². The van der Waals surface area contributed by atoms with E-state index < -0.39 is 10.0 Å². The smallest absolute Gasteiger partial charge is 0.269 e. The Bertz CT molecular complexity index is 3140. The van der Waals surface area contributed by atoms with Crippen LogP contribution < -0.4 is 0 Å². The number of benzene rings is 7. The molecule has 0 amide bonds. The van der Waals surface area contributed by atoms with Crippen LogP contribution in [0.15, 0.2) is 153 Å². The van der Waals surface area contributed by atoms with Crippen LogP contribution in [-0.4, -0.2) is 12.4 Å². The molecule has 1 aliphatic heterocycles. The lowest BCUT2D eigenvalue weighted by molar-refractivity contribution is 0.590. The highest BCUT2D eigenvalue weighted by molar-refractivity contribution is 7.90. The van der Waals surface area contributed by atoms with Gasteiger partial charge >= 0.3 is 0 Å². The van der Waals surface area contributed by atoms with Crippen LogP contribution in [0.5, 0.6) is 0 Å². The van der Waals surface area contributed by atoms with Gasteiger partial charge in [-0.2, -0.15) is 0 Å². The van der Waals surface area contributed by atoms with Crippen molar-refractivity contribution in [2.75, 3.05) is 0 Å². The molecular weight excluding hydrogens is 615 g/mol. The highest BCUT2D eigenvalue weighted by Crippen LogP contribution is 2.48. The molecule has 0 N–H and O–H groups in total. The first kappa shape index (κ1) is 26.0. The Labute approximate surface area is 273 Å². The zero-order valence-electron chi connectivity index (χ0n) is 25.3. The SMILES string of the molecule is O=S1(=O)c2ccccc2-c2cc(-c3cccc4c3oc3ccccc34)cc3c4cc(-c5cccc6c5oc5ccccc56)ccc4n1c23. The molecule has 0 atom stereocenters. The summed E-state index contributed by atoms with van der Waals surface area (Å²) in [6.45, 7) is 0. The second-order valence-corrected chi connectivity index (χ2v) is 14.2. The van der Waals surface area contributed by atoms with Crippen molar-refractivity contribution < 1.29 is 17.3 Å². The topological polar surface area (TPSA) is 65.3 Å². The molecule has 3 aromatic heterocycles. The largest absolute Gasteiger partial charge is 0.455 e. The molecule has 226 valence electrons. The minimum absolute atomic E-state index is 0.298. The second-order valence-electron chi connectivity index (χ2n) is 12.5. The predicted molar refractivity (Wildman–Crippen MR) is 193 cm³/mol. The summed E-state index contributed by atoms with van der Waals surface area (Å²) in [5.74, 6) is 0. The van der Waals surface area contributed by atoms with Gasteiger partial charge in [-0.25, -0.2) is 12.4 Å². The monoisotopic (exact) mass is 637 g/mol. The molecule has 0 bridgehead atoms. The number of furan rings is 2. The van der Waals surface area contributed by atoms with Gasteiger partial charge in [-0.3, -0.25) is 0 Å². The van der Waals surface area contributed by atoms with E-state index in [0.717, 1.165) is 82.5 Å². The van der Waals surface area contributed by atoms with Crippen LogP contribution in [0.3, 0.4) is 0 Å². The Balaban J connectivity index is 1.26. The van der Waals surface area contributed by atoms with Gasteiger partial charge < -0.3 is 8.83 Å². The van der Waals surface area contributed by atoms with Crippen molar-refractivity contribution in [2.24, 2.45) is 0 Å². The van der Waals surface area contributed by atoms with Crippen molar-refractivity contribution in [1.29, 1.82) is 0 Å². The summed E-state index contributed by atoms with van der Waals surface area (Å²) < 4.78 is 43.1. The average molecular weight is 638 g/mol. The fourth-order valence-electron chi connectivity index (χ4n) is 7.85. The Morgan fingerprint density at radius 2 is 1.00 bits per heavy atom. The molecule has 6 heteroatoms. The predicted octanol–water partition coefficient (Wildman–Crippen LogP) is 11.1. The average Bonchev–Trinajstić information content (AvgIpc) is 3.80. The van der Waals surface area contributed by atoms with Gasteiger partial charge in [0.1, 0.15) is 22.3 Å². The van der Waals surface area contributed by atoms with Crippen LogP contribution in [-0.2, 0) is 10.0 Å². The molecule has 1 aliphatic rings. The van der Waals surface area contributed by atoms with Gasteiger partial charge in [0.2, 0.25) is 0 Å². The maximum atomic E-state index is 14.3. The molecule has 4 heterocycles. The van der Waals surface area contributed by atoms with Crippen molar-refractivity contribution in [3.63, 3.8) is 0 Å². The number of aromatic nitrogens is 1. The molecule has 7 aromatic carbocycles. The fraction of sp³-hybridized carbons (Fsp3) is 0. The number of nitrogens with zero attached hydrogens (tertiary/aromatic N) is 1. The summed E-state index contributed by atoms with van der Waals surface area (Å²) in [5, 5.41) is 5.94. The van der Waals surface area contributed by atoms with Crippen LogP contribution in [0, 0.1) is 0 Å². The minimum atomic E-state index is -3.87. The van der Waals surface area contributed by atoms with Crippen LogP contribution in [0.2, 0.25) is 0 Å². The van der Waals surface area contributed by atoms with E-state index in [-0.39, 0.29) is 0 Å². The Hall–Kier alpha value is -6.11. The Morgan fingerprint density at radius 3 is 1.71 bits per heavy atom. The number of hydrogen-bond acceptors (Lipinski definition) is 4. The molecule has 5 nitrogen and oxygen atoms in total. The van der Waals surface area contributed by atoms with Gasteiger partial charge in [-0.1, -0.05) is 97.1 Å². The van der Waals surface area contributed by atoms with Crippen molar-refractivity contribution >= 4 is 75.7 Å². The zero-order chi connectivity index (χ0) is 31.7. The molecule has 10 aromatic rings. The zero-order valence-corrected chi connectivity index (χ0v) is 26.1. The van der Waals surface area contributed by atoms with E-state index in [9.17, 15) is 8.42 Å². The summed E-state index contributed by atoms with van der Waals surface area (Å²) >= 11 is 0. The van der Waals surface area contributed by atoms with Gasteiger partial charge in [0.05, 0.1) is 15.9 Å². The number of fused-ring (bicyclic) bond motifs is 11. The van der Waals surface area contributed by atoms with Crippen molar-refractivity contribution in [3.05, 3.63) is 140 Å². The summed E-state index contributed by atoms with van der Waals surface area (Å²) in [7, 11) is -3.87. The van der Waals surface area contributed by atoms with Gasteiger partial charge in [0, 0.05) is 54.6 Å². The van der Waals surface area contributed by atoms with Gasteiger partial charge in [0.25, 0.3) is 10.0 Å².